The first-order valence-electron chi connectivity index (χ1n) is 6.98. The van der Waals surface area contributed by atoms with Gasteiger partial charge >= 0.3 is 0 Å². The molecule has 1 aromatic heterocycles. The van der Waals surface area contributed by atoms with Crippen molar-refractivity contribution in [3.05, 3.63) is 17.0 Å². The fraction of sp³-hybridized carbons (Fsp3) is 0.714. The number of nitrogens with one attached hydrogen (secondary N) is 1. The molecule has 0 bridgehead atoms. The van der Waals surface area contributed by atoms with E-state index in [1.54, 1.807) is 6.33 Å². The number of aromatic nitrogens is 2. The van der Waals surface area contributed by atoms with Gasteiger partial charge in [-0.15, -0.1) is 0 Å². The molecule has 18 heavy (non-hydrogen) atoms. The van der Waals surface area contributed by atoms with E-state index in [1.807, 2.05) is 0 Å². The second kappa shape index (κ2) is 6.37. The van der Waals surface area contributed by atoms with E-state index in [2.05, 4.69) is 29.1 Å². The van der Waals surface area contributed by atoms with E-state index in [1.165, 1.54) is 25.7 Å². The molecule has 0 saturated heterocycles. The summed E-state index contributed by atoms with van der Waals surface area (Å²) in [4.78, 5) is 8.46. The largest absolute Gasteiger partial charge is 0.367 e. The van der Waals surface area contributed by atoms with E-state index in [9.17, 15) is 0 Å². The molecule has 1 saturated carbocycles. The first-order chi connectivity index (χ1) is 8.72. The molecule has 2 unspecified atom stereocenters. The second-order valence-corrected chi connectivity index (χ2v) is 5.61. The van der Waals surface area contributed by atoms with Gasteiger partial charge in [0.15, 0.2) is 0 Å². The maximum absolute atomic E-state index is 6.17. The van der Waals surface area contributed by atoms with Crippen LogP contribution in [0.5, 0.6) is 0 Å². The molecule has 2 rings (SSSR count). The molecule has 1 aliphatic carbocycles. The van der Waals surface area contributed by atoms with Crippen LogP contribution in [0.2, 0.25) is 5.15 Å². The van der Waals surface area contributed by atoms with Crippen molar-refractivity contribution in [1.82, 2.24) is 9.97 Å². The van der Waals surface area contributed by atoms with Crippen LogP contribution in [0.4, 0.5) is 5.82 Å². The van der Waals surface area contributed by atoms with Gasteiger partial charge in [-0.1, -0.05) is 44.7 Å². The van der Waals surface area contributed by atoms with Crippen molar-refractivity contribution in [2.75, 3.05) is 5.32 Å². The highest BCUT2D eigenvalue weighted by molar-refractivity contribution is 6.30. The maximum Gasteiger partial charge on any atom is 0.137 e. The Morgan fingerprint density at radius 2 is 2.11 bits per heavy atom. The minimum Gasteiger partial charge on any atom is -0.367 e. The molecule has 0 spiro atoms. The van der Waals surface area contributed by atoms with E-state index in [-0.39, 0.29) is 0 Å². The molecular formula is C14H22ClN3. The maximum atomic E-state index is 6.17. The third kappa shape index (κ3) is 3.14. The summed E-state index contributed by atoms with van der Waals surface area (Å²) >= 11 is 6.17. The molecule has 4 heteroatoms. The van der Waals surface area contributed by atoms with Gasteiger partial charge in [0.05, 0.1) is 0 Å². The van der Waals surface area contributed by atoms with Crippen LogP contribution < -0.4 is 5.32 Å². The van der Waals surface area contributed by atoms with Gasteiger partial charge < -0.3 is 5.32 Å². The summed E-state index contributed by atoms with van der Waals surface area (Å²) in [5.41, 5.74) is 1.07. The number of hydrogen-bond donors (Lipinski definition) is 1. The van der Waals surface area contributed by atoms with Crippen LogP contribution in [0.3, 0.4) is 0 Å². The normalized spacial score (nSPS) is 23.9. The molecule has 1 aromatic rings. The van der Waals surface area contributed by atoms with Crippen LogP contribution in [0.1, 0.15) is 51.5 Å². The lowest BCUT2D eigenvalue weighted by Crippen LogP contribution is -2.31. The number of rotatable bonds is 4. The number of hydrogen-bond acceptors (Lipinski definition) is 3. The molecule has 3 nitrogen and oxygen atoms in total. The molecule has 0 radical (unpaired) electrons. The Bertz CT molecular complexity index is 395. The summed E-state index contributed by atoms with van der Waals surface area (Å²) in [6.45, 7) is 4.47. The third-order valence-electron chi connectivity index (χ3n) is 3.83. The zero-order chi connectivity index (χ0) is 13.0. The van der Waals surface area contributed by atoms with Gasteiger partial charge in [0.1, 0.15) is 17.3 Å². The zero-order valence-corrected chi connectivity index (χ0v) is 12.0. The average Bonchev–Trinajstić information content (AvgIpc) is 2.36. The van der Waals surface area contributed by atoms with Gasteiger partial charge in [-0.3, -0.25) is 0 Å². The average molecular weight is 268 g/mol. The predicted molar refractivity (Wildman–Crippen MR) is 76.1 cm³/mol. The van der Waals surface area contributed by atoms with E-state index in [0.717, 1.165) is 24.2 Å². The van der Waals surface area contributed by atoms with Crippen molar-refractivity contribution in [2.24, 2.45) is 5.92 Å². The summed E-state index contributed by atoms with van der Waals surface area (Å²) in [5.74, 6) is 1.65. The summed E-state index contributed by atoms with van der Waals surface area (Å²) in [6.07, 6.45) is 8.74. The lowest BCUT2D eigenvalue weighted by Gasteiger charge is -2.30. The number of anilines is 1. The topological polar surface area (TPSA) is 37.8 Å². The molecule has 1 N–H and O–H groups in total. The van der Waals surface area contributed by atoms with Gasteiger partial charge in [0, 0.05) is 11.6 Å². The Hall–Kier alpha value is -0.830. The summed E-state index contributed by atoms with van der Waals surface area (Å²) < 4.78 is 0. The van der Waals surface area contributed by atoms with Crippen molar-refractivity contribution in [3.63, 3.8) is 0 Å². The van der Waals surface area contributed by atoms with Crippen molar-refractivity contribution >= 4 is 17.4 Å². The molecule has 100 valence electrons. The summed E-state index contributed by atoms with van der Waals surface area (Å²) in [5, 5.41) is 4.18. The monoisotopic (exact) mass is 267 g/mol. The molecule has 0 aliphatic heterocycles. The number of halogens is 1. The quantitative estimate of drug-likeness (QED) is 0.836. The standard InChI is InChI=1S/C14H22ClN3/c1-3-6-11-13(15)16-9-17-14(11)18-12-8-5-4-7-10(12)2/h9-10,12H,3-8H2,1-2H3,(H,16,17,18). The highest BCUT2D eigenvalue weighted by atomic mass is 35.5. The highest BCUT2D eigenvalue weighted by Crippen LogP contribution is 2.29. The van der Waals surface area contributed by atoms with Crippen LogP contribution in [0.25, 0.3) is 0 Å². The molecule has 1 fully saturated rings. The van der Waals surface area contributed by atoms with Gasteiger partial charge in [0.25, 0.3) is 0 Å². The minimum atomic E-state index is 0.528. The Labute approximate surface area is 114 Å². The van der Waals surface area contributed by atoms with Gasteiger partial charge in [-0.2, -0.15) is 0 Å². The van der Waals surface area contributed by atoms with E-state index >= 15 is 0 Å². The molecule has 1 heterocycles. The van der Waals surface area contributed by atoms with E-state index in [4.69, 9.17) is 11.6 Å². The first-order valence-corrected chi connectivity index (χ1v) is 7.36. The van der Waals surface area contributed by atoms with Crippen molar-refractivity contribution in [2.45, 2.75) is 58.4 Å². The van der Waals surface area contributed by atoms with Gasteiger partial charge in [0.2, 0.25) is 0 Å². The van der Waals surface area contributed by atoms with E-state index < -0.39 is 0 Å². The van der Waals surface area contributed by atoms with E-state index in [0.29, 0.717) is 17.1 Å². The predicted octanol–water partition coefficient (Wildman–Crippen LogP) is 4.07. The first kappa shape index (κ1) is 13.6. The molecule has 0 aromatic carbocycles. The van der Waals surface area contributed by atoms with Gasteiger partial charge in [-0.05, 0) is 25.2 Å². The van der Waals surface area contributed by atoms with Crippen molar-refractivity contribution in [3.8, 4) is 0 Å². The van der Waals surface area contributed by atoms with Crippen molar-refractivity contribution < 1.29 is 0 Å². The molecular weight excluding hydrogens is 246 g/mol. The minimum absolute atomic E-state index is 0.528. The third-order valence-corrected chi connectivity index (χ3v) is 4.15. The Kier molecular flexibility index (Phi) is 4.81. The lowest BCUT2D eigenvalue weighted by atomic mass is 9.86. The molecule has 2 atom stereocenters. The van der Waals surface area contributed by atoms with Crippen LogP contribution in [-0.4, -0.2) is 16.0 Å². The number of nitrogens with zero attached hydrogens (tertiary/aromatic N) is 2. The second-order valence-electron chi connectivity index (χ2n) is 5.25. The lowest BCUT2D eigenvalue weighted by molar-refractivity contribution is 0.349. The smallest absolute Gasteiger partial charge is 0.137 e. The molecule has 0 amide bonds. The fourth-order valence-electron chi connectivity index (χ4n) is 2.69. The summed E-state index contributed by atoms with van der Waals surface area (Å²) in [7, 11) is 0. The summed E-state index contributed by atoms with van der Waals surface area (Å²) in [6, 6.07) is 0.528. The zero-order valence-electron chi connectivity index (χ0n) is 11.2. The van der Waals surface area contributed by atoms with Crippen LogP contribution in [0.15, 0.2) is 6.33 Å². The van der Waals surface area contributed by atoms with Gasteiger partial charge in [-0.25, -0.2) is 9.97 Å². The van der Waals surface area contributed by atoms with Crippen LogP contribution >= 0.6 is 11.6 Å². The Morgan fingerprint density at radius 1 is 1.33 bits per heavy atom. The SMILES string of the molecule is CCCc1c(Cl)ncnc1NC1CCCCC1C. The Morgan fingerprint density at radius 3 is 2.83 bits per heavy atom. The van der Waals surface area contributed by atoms with Crippen LogP contribution in [-0.2, 0) is 6.42 Å². The Balaban J connectivity index is 2.14. The van der Waals surface area contributed by atoms with Crippen molar-refractivity contribution in [1.29, 1.82) is 0 Å². The fourth-order valence-corrected chi connectivity index (χ4v) is 2.92. The van der Waals surface area contributed by atoms with Crippen LogP contribution in [0, 0.1) is 5.92 Å². The highest BCUT2D eigenvalue weighted by Gasteiger charge is 2.22. The molecule has 1 aliphatic rings.